The molecule has 2 aliphatic rings. The van der Waals surface area contributed by atoms with Crippen LogP contribution in [0.3, 0.4) is 0 Å². The van der Waals surface area contributed by atoms with E-state index in [1.807, 2.05) is 55.5 Å². The van der Waals surface area contributed by atoms with Gasteiger partial charge in [-0.15, -0.1) is 0 Å². The molecule has 0 saturated heterocycles. The molecule has 5 rings (SSSR count). The van der Waals surface area contributed by atoms with E-state index in [0.717, 1.165) is 45.5 Å². The lowest BCUT2D eigenvalue weighted by atomic mass is 9.54. The highest BCUT2D eigenvalue weighted by molar-refractivity contribution is 6.33. The fourth-order valence-corrected chi connectivity index (χ4v) is 7.23. The van der Waals surface area contributed by atoms with Crippen molar-refractivity contribution < 1.29 is 4.79 Å². The molecule has 0 radical (unpaired) electrons. The standard InChI is InChI=1S/C32H38ClN3O/c1-4-34-31(37)27-7-5-6-8-29(27)35-25-10-12-26(13-11-25)36-30-14-9-24(17-28(30)33)32-18-21(2)15-23(20-32)16-22(3)19-32/h5-14,17,21-23,35-36H,4,15-16,18-20H2,1-3H3,(H,34,37). The maximum atomic E-state index is 12.4. The lowest BCUT2D eigenvalue weighted by molar-refractivity contribution is 0.0780. The van der Waals surface area contributed by atoms with Crippen molar-refractivity contribution in [3.8, 4) is 0 Å². The third kappa shape index (κ3) is 5.65. The summed E-state index contributed by atoms with van der Waals surface area (Å²) in [6.45, 7) is 7.36. The van der Waals surface area contributed by atoms with Gasteiger partial charge in [0, 0.05) is 17.9 Å². The van der Waals surface area contributed by atoms with Crippen molar-refractivity contribution in [2.45, 2.75) is 58.3 Å². The van der Waals surface area contributed by atoms with Gasteiger partial charge in [0.1, 0.15) is 0 Å². The summed E-state index contributed by atoms with van der Waals surface area (Å²) in [5.41, 5.74) is 5.90. The lowest BCUT2D eigenvalue weighted by Gasteiger charge is -2.50. The number of carbonyl (C=O) groups excluding carboxylic acids is 1. The van der Waals surface area contributed by atoms with Gasteiger partial charge >= 0.3 is 0 Å². The van der Waals surface area contributed by atoms with Gasteiger partial charge < -0.3 is 16.0 Å². The molecule has 4 nitrogen and oxygen atoms in total. The molecule has 3 aromatic rings. The summed E-state index contributed by atoms with van der Waals surface area (Å²) < 4.78 is 0. The van der Waals surface area contributed by atoms with E-state index < -0.39 is 0 Å². The second-order valence-electron chi connectivity index (χ2n) is 11.4. The minimum atomic E-state index is -0.0811. The third-order valence-electron chi connectivity index (χ3n) is 8.16. The number of fused-ring (bicyclic) bond motifs is 2. The number of amides is 1. The molecule has 194 valence electrons. The van der Waals surface area contributed by atoms with Crippen molar-refractivity contribution >= 4 is 40.3 Å². The number of nitrogens with one attached hydrogen (secondary N) is 3. The first-order valence-corrected chi connectivity index (χ1v) is 14.0. The maximum absolute atomic E-state index is 12.4. The van der Waals surface area contributed by atoms with Gasteiger partial charge in [-0.2, -0.15) is 0 Å². The van der Waals surface area contributed by atoms with Gasteiger partial charge in [0.25, 0.3) is 5.91 Å². The highest BCUT2D eigenvalue weighted by Gasteiger charge is 2.45. The Hall–Kier alpha value is -2.98. The Bertz CT molecular complexity index is 1240. The van der Waals surface area contributed by atoms with Gasteiger partial charge in [-0.05, 0) is 116 Å². The van der Waals surface area contributed by atoms with Crippen LogP contribution in [0.2, 0.25) is 5.02 Å². The van der Waals surface area contributed by atoms with Gasteiger partial charge in [-0.25, -0.2) is 0 Å². The summed E-state index contributed by atoms with van der Waals surface area (Å²) >= 11 is 6.84. The average Bonchev–Trinajstić information content (AvgIpc) is 2.86. The quantitative estimate of drug-likeness (QED) is 0.295. The molecule has 2 unspecified atom stereocenters. The molecule has 0 heterocycles. The molecule has 2 bridgehead atoms. The minimum Gasteiger partial charge on any atom is -0.355 e. The second kappa shape index (κ2) is 10.8. The largest absolute Gasteiger partial charge is 0.355 e. The Labute approximate surface area is 226 Å². The number of rotatable bonds is 7. The van der Waals surface area contributed by atoms with E-state index in [1.165, 1.54) is 37.7 Å². The molecule has 0 aliphatic heterocycles. The fraction of sp³-hybridized carbons (Fsp3) is 0.406. The van der Waals surface area contributed by atoms with E-state index in [4.69, 9.17) is 11.6 Å². The Balaban J connectivity index is 1.29. The minimum absolute atomic E-state index is 0.0811. The van der Waals surface area contributed by atoms with Crippen molar-refractivity contribution in [1.82, 2.24) is 5.32 Å². The number of para-hydroxylation sites is 1. The van der Waals surface area contributed by atoms with Crippen LogP contribution in [0.15, 0.2) is 66.7 Å². The predicted octanol–water partition coefficient (Wildman–Crippen LogP) is 8.68. The second-order valence-corrected chi connectivity index (χ2v) is 11.8. The molecular weight excluding hydrogens is 478 g/mol. The lowest BCUT2D eigenvalue weighted by Crippen LogP contribution is -2.42. The monoisotopic (exact) mass is 515 g/mol. The first kappa shape index (κ1) is 25.7. The molecule has 2 fully saturated rings. The van der Waals surface area contributed by atoms with Crippen LogP contribution >= 0.6 is 11.6 Å². The number of carbonyl (C=O) groups is 1. The Morgan fingerprint density at radius 1 is 0.865 bits per heavy atom. The van der Waals surface area contributed by atoms with E-state index in [0.29, 0.717) is 12.1 Å². The number of benzene rings is 3. The Kier molecular flexibility index (Phi) is 7.48. The van der Waals surface area contributed by atoms with Crippen molar-refractivity contribution in [1.29, 1.82) is 0 Å². The van der Waals surface area contributed by atoms with E-state index >= 15 is 0 Å². The summed E-state index contributed by atoms with van der Waals surface area (Å²) in [5.74, 6) is 2.33. The average molecular weight is 516 g/mol. The molecule has 3 aromatic carbocycles. The molecule has 0 spiro atoms. The Morgan fingerprint density at radius 2 is 1.49 bits per heavy atom. The first-order chi connectivity index (χ1) is 17.8. The first-order valence-electron chi connectivity index (χ1n) is 13.7. The summed E-state index contributed by atoms with van der Waals surface area (Å²) in [4.78, 5) is 12.4. The molecule has 3 N–H and O–H groups in total. The van der Waals surface area contributed by atoms with E-state index in [1.54, 1.807) is 0 Å². The number of hydrogen-bond acceptors (Lipinski definition) is 3. The number of halogens is 1. The van der Waals surface area contributed by atoms with Crippen molar-refractivity contribution in [3.63, 3.8) is 0 Å². The van der Waals surface area contributed by atoms with Crippen LogP contribution in [0.4, 0.5) is 22.7 Å². The fourth-order valence-electron chi connectivity index (χ4n) is 7.00. The predicted molar refractivity (Wildman–Crippen MR) is 155 cm³/mol. The Morgan fingerprint density at radius 3 is 2.11 bits per heavy atom. The van der Waals surface area contributed by atoms with Gasteiger partial charge in [-0.1, -0.05) is 43.6 Å². The zero-order valence-corrected chi connectivity index (χ0v) is 22.9. The van der Waals surface area contributed by atoms with E-state index in [2.05, 4.69) is 48.0 Å². The molecule has 1 amide bonds. The van der Waals surface area contributed by atoms with Gasteiger partial charge in [0.15, 0.2) is 0 Å². The van der Waals surface area contributed by atoms with Crippen LogP contribution in [0.25, 0.3) is 0 Å². The topological polar surface area (TPSA) is 53.2 Å². The number of anilines is 4. The molecule has 0 aromatic heterocycles. The van der Waals surface area contributed by atoms with Crippen LogP contribution in [-0.2, 0) is 5.41 Å². The highest BCUT2D eigenvalue weighted by atomic mass is 35.5. The maximum Gasteiger partial charge on any atom is 0.253 e. The normalized spacial score (nSPS) is 24.8. The summed E-state index contributed by atoms with van der Waals surface area (Å²) in [6, 6.07) is 22.3. The zero-order valence-electron chi connectivity index (χ0n) is 22.1. The van der Waals surface area contributed by atoms with Crippen LogP contribution in [0.1, 0.15) is 68.8 Å². The van der Waals surface area contributed by atoms with Crippen LogP contribution < -0.4 is 16.0 Å². The van der Waals surface area contributed by atoms with Crippen LogP contribution in [0, 0.1) is 17.8 Å². The molecule has 2 saturated carbocycles. The van der Waals surface area contributed by atoms with Crippen molar-refractivity contribution in [2.24, 2.45) is 17.8 Å². The SMILES string of the molecule is CCNC(=O)c1ccccc1Nc1ccc(Nc2ccc(C34CC(C)CC(CC(C)C3)C4)cc2Cl)cc1. The molecule has 2 aliphatic carbocycles. The van der Waals surface area contributed by atoms with E-state index in [-0.39, 0.29) is 11.3 Å². The van der Waals surface area contributed by atoms with Crippen molar-refractivity contribution in [3.05, 3.63) is 82.9 Å². The van der Waals surface area contributed by atoms with Gasteiger partial charge in [0.05, 0.1) is 22.0 Å². The summed E-state index contributed by atoms with van der Waals surface area (Å²) in [7, 11) is 0. The van der Waals surface area contributed by atoms with Crippen LogP contribution in [-0.4, -0.2) is 12.5 Å². The summed E-state index contributed by atoms with van der Waals surface area (Å²) in [5, 5.41) is 10.5. The van der Waals surface area contributed by atoms with Crippen molar-refractivity contribution in [2.75, 3.05) is 17.2 Å². The van der Waals surface area contributed by atoms with Gasteiger partial charge in [0.2, 0.25) is 0 Å². The molecule has 37 heavy (non-hydrogen) atoms. The third-order valence-corrected chi connectivity index (χ3v) is 8.48. The smallest absolute Gasteiger partial charge is 0.253 e. The molecule has 2 atom stereocenters. The zero-order chi connectivity index (χ0) is 26.0. The highest BCUT2D eigenvalue weighted by Crippen LogP contribution is 2.54. The summed E-state index contributed by atoms with van der Waals surface area (Å²) in [6.07, 6.45) is 6.61. The van der Waals surface area contributed by atoms with E-state index in [9.17, 15) is 4.79 Å². The number of hydrogen-bond donors (Lipinski definition) is 3. The molecule has 5 heteroatoms. The van der Waals surface area contributed by atoms with Gasteiger partial charge in [-0.3, -0.25) is 4.79 Å². The molecular formula is C32H38ClN3O. The van der Waals surface area contributed by atoms with Crippen LogP contribution in [0.5, 0.6) is 0 Å².